The molecule has 6 heterocycles. The van der Waals surface area contributed by atoms with Crippen LogP contribution in [0.2, 0.25) is 0 Å². The first-order valence-corrected chi connectivity index (χ1v) is 34.2. The molecule has 12 rings (SSSR count). The minimum atomic E-state index is 0.0191. The van der Waals surface area contributed by atoms with Gasteiger partial charge in [-0.15, -0.1) is 0 Å². The summed E-state index contributed by atoms with van der Waals surface area (Å²) >= 11 is 0. The van der Waals surface area contributed by atoms with Gasteiger partial charge in [0.05, 0.1) is 33.4 Å². The van der Waals surface area contributed by atoms with Gasteiger partial charge in [0.2, 0.25) is 23.6 Å². The zero-order chi connectivity index (χ0) is 63.8. The van der Waals surface area contributed by atoms with Crippen LogP contribution in [0.25, 0.3) is 43.6 Å². The number of nitrogens with one attached hydrogen (secondary N) is 6. The lowest BCUT2D eigenvalue weighted by Gasteiger charge is -2.29. The van der Waals surface area contributed by atoms with E-state index >= 15 is 0 Å². The fourth-order valence-electron chi connectivity index (χ4n) is 13.5. The molecule has 484 valence electrons. The number of likely N-dealkylation sites (tertiary alicyclic amines) is 4. The lowest BCUT2D eigenvalue weighted by atomic mass is 9.99. The fourth-order valence-corrected chi connectivity index (χ4v) is 13.5. The van der Waals surface area contributed by atoms with Crippen molar-refractivity contribution in [3.05, 3.63) is 144 Å². The summed E-state index contributed by atoms with van der Waals surface area (Å²) in [5.74, 6) is 1.63. The maximum absolute atomic E-state index is 12.9. The third-order valence-corrected chi connectivity index (χ3v) is 19.1. The summed E-state index contributed by atoms with van der Waals surface area (Å²) in [5, 5.41) is 23.7. The second kappa shape index (κ2) is 32.0. The van der Waals surface area contributed by atoms with Gasteiger partial charge in [-0.05, 0) is 213 Å². The number of aromatic nitrogens is 2. The Bertz CT molecular complexity index is 3650. The van der Waals surface area contributed by atoms with E-state index in [0.29, 0.717) is 38.8 Å². The van der Waals surface area contributed by atoms with Gasteiger partial charge in [-0.1, -0.05) is 86.3 Å². The van der Waals surface area contributed by atoms with E-state index in [1.807, 2.05) is 72.8 Å². The van der Waals surface area contributed by atoms with Crippen molar-refractivity contribution in [3.8, 4) is 0 Å². The van der Waals surface area contributed by atoms with E-state index in [4.69, 9.17) is 9.97 Å². The predicted molar refractivity (Wildman–Crippen MR) is 379 cm³/mol. The Morgan fingerprint density at radius 1 is 0.380 bits per heavy atom. The molecule has 4 saturated heterocycles. The lowest BCUT2D eigenvalue weighted by Crippen LogP contribution is -2.35. The van der Waals surface area contributed by atoms with Gasteiger partial charge in [-0.25, -0.2) is 9.97 Å². The molecule has 6 N–H and O–H groups in total. The lowest BCUT2D eigenvalue weighted by molar-refractivity contribution is -0.117. The number of anilines is 6. The van der Waals surface area contributed by atoms with Crippen LogP contribution in [0.4, 0.5) is 34.1 Å². The molecule has 16 nitrogen and oxygen atoms in total. The molecule has 0 bridgehead atoms. The highest BCUT2D eigenvalue weighted by Gasteiger charge is 2.21. The molecule has 0 atom stereocenters. The van der Waals surface area contributed by atoms with Crippen LogP contribution in [0, 0.1) is 25.7 Å². The Hall–Kier alpha value is -8.02. The number of hydrogen-bond donors (Lipinski definition) is 6. The molecule has 16 heteroatoms. The summed E-state index contributed by atoms with van der Waals surface area (Å²) in [4.78, 5) is 71.1. The van der Waals surface area contributed by atoms with Crippen molar-refractivity contribution in [3.63, 3.8) is 0 Å². The van der Waals surface area contributed by atoms with Crippen LogP contribution in [0.5, 0.6) is 0 Å². The number of fused-ring (bicyclic) bond motifs is 4. The topological polar surface area (TPSA) is 179 Å². The minimum absolute atomic E-state index is 0.0191. The Kier molecular flexibility index (Phi) is 22.8. The van der Waals surface area contributed by atoms with Crippen LogP contribution < -0.4 is 31.9 Å². The van der Waals surface area contributed by atoms with E-state index < -0.39 is 0 Å². The van der Waals surface area contributed by atoms with Crippen molar-refractivity contribution < 1.29 is 19.2 Å². The zero-order valence-electron chi connectivity index (χ0n) is 54.8. The third-order valence-electron chi connectivity index (χ3n) is 19.1. The van der Waals surface area contributed by atoms with Gasteiger partial charge in [-0.2, -0.15) is 0 Å². The fraction of sp³-hybridized carbons (Fsp3) is 0.447. The number of pyridine rings is 2. The zero-order valence-corrected chi connectivity index (χ0v) is 54.8. The van der Waals surface area contributed by atoms with E-state index in [9.17, 15) is 19.2 Å². The summed E-state index contributed by atoms with van der Waals surface area (Å²) in [5.41, 5.74) is 12.9. The van der Waals surface area contributed by atoms with Crippen molar-refractivity contribution in [2.45, 2.75) is 131 Å². The van der Waals surface area contributed by atoms with E-state index in [2.05, 4.69) is 128 Å². The van der Waals surface area contributed by atoms with Crippen LogP contribution in [0.15, 0.2) is 121 Å². The summed E-state index contributed by atoms with van der Waals surface area (Å²) in [6.45, 7) is 21.9. The minimum Gasteiger partial charge on any atom is -0.380 e. The summed E-state index contributed by atoms with van der Waals surface area (Å²) in [6, 6.07) is 40.8. The molecule has 0 saturated carbocycles. The molecule has 4 amide bonds. The molecule has 4 aliphatic heterocycles. The largest absolute Gasteiger partial charge is 0.380 e. The molecule has 4 fully saturated rings. The quantitative estimate of drug-likeness (QED) is 0.0354. The molecule has 0 unspecified atom stereocenters. The Balaban J connectivity index is 0.000000189. The maximum Gasteiger partial charge on any atom is 0.225 e. The van der Waals surface area contributed by atoms with E-state index in [1.165, 1.54) is 86.5 Å². The van der Waals surface area contributed by atoms with E-state index in [1.54, 1.807) is 0 Å². The van der Waals surface area contributed by atoms with Crippen molar-refractivity contribution in [1.29, 1.82) is 0 Å². The molecule has 92 heavy (non-hydrogen) atoms. The van der Waals surface area contributed by atoms with Crippen molar-refractivity contribution in [2.24, 2.45) is 11.8 Å². The van der Waals surface area contributed by atoms with Crippen molar-refractivity contribution in [2.75, 3.05) is 110 Å². The van der Waals surface area contributed by atoms with Gasteiger partial charge < -0.3 is 51.5 Å². The van der Waals surface area contributed by atoms with Gasteiger partial charge in [0.25, 0.3) is 0 Å². The van der Waals surface area contributed by atoms with E-state index in [-0.39, 0.29) is 23.6 Å². The van der Waals surface area contributed by atoms with Gasteiger partial charge in [0.1, 0.15) is 0 Å². The molecule has 0 spiro atoms. The number of piperidine rings is 4. The normalized spacial score (nSPS) is 16.5. The first-order valence-electron chi connectivity index (χ1n) is 34.2. The summed E-state index contributed by atoms with van der Waals surface area (Å²) < 4.78 is 0. The number of carbonyl (C=O) groups excluding carboxylic acids is 4. The van der Waals surface area contributed by atoms with Gasteiger partial charge in [0.15, 0.2) is 0 Å². The number of rotatable bonds is 22. The SMILES string of the molecule is Cc1cccc(CNc2c3ccc(NC(=O)CCN4CCC(C)CC4)cc3nc3cc(NC(=O)CCN4CCC(C)CC4)ccc23)c1.Cc1cccc(CNc2c3ccc(NC(=O)CCN4CCCCC4)cc3nc3cc(NC(=O)CCN4CCCCC4)ccc23)c1. The Labute approximate surface area is 544 Å². The predicted octanol–water partition coefficient (Wildman–Crippen LogP) is 14.4. The molecule has 0 radical (unpaired) electrons. The number of nitrogens with zero attached hydrogens (tertiary/aromatic N) is 6. The van der Waals surface area contributed by atoms with Crippen LogP contribution in [0.1, 0.15) is 126 Å². The number of aryl methyl sites for hydroxylation is 2. The van der Waals surface area contributed by atoms with Gasteiger partial charge in [-0.3, -0.25) is 19.2 Å². The summed E-state index contributed by atoms with van der Waals surface area (Å²) in [7, 11) is 0. The third kappa shape index (κ3) is 18.6. The number of benzene rings is 6. The van der Waals surface area contributed by atoms with Gasteiger partial charge >= 0.3 is 0 Å². The molecule has 4 aliphatic rings. The monoisotopic (exact) mass is 1240 g/mol. The van der Waals surface area contributed by atoms with Crippen molar-refractivity contribution >= 4 is 101 Å². The highest BCUT2D eigenvalue weighted by Crippen LogP contribution is 2.36. The highest BCUT2D eigenvalue weighted by molar-refractivity contribution is 6.11. The van der Waals surface area contributed by atoms with Crippen molar-refractivity contribution in [1.82, 2.24) is 29.6 Å². The molecule has 0 aliphatic carbocycles. The number of carbonyl (C=O) groups is 4. The van der Waals surface area contributed by atoms with Crippen LogP contribution in [-0.4, -0.2) is 132 Å². The first-order chi connectivity index (χ1) is 44.8. The maximum atomic E-state index is 12.9. The number of amides is 4. The molecule has 2 aromatic heterocycles. The second-order valence-electron chi connectivity index (χ2n) is 26.6. The van der Waals surface area contributed by atoms with Crippen LogP contribution in [-0.2, 0) is 32.3 Å². The Morgan fingerprint density at radius 2 is 0.674 bits per heavy atom. The smallest absolute Gasteiger partial charge is 0.225 e. The van der Waals surface area contributed by atoms with Crippen LogP contribution >= 0.6 is 0 Å². The van der Waals surface area contributed by atoms with Gasteiger partial charge in [0, 0.05) is 109 Å². The standard InChI is InChI=1S/C39H50N6O2.C37H46N6O2/c1-27-11-17-44(18-12-27)21-15-37(46)41-31-7-9-33-35(24-31)43-36-25-32(42-38(47)16-22-45-19-13-28(2)14-20-45)8-10-34(36)39(33)40-26-30-6-4-5-29(3)23-30;1-27-9-8-10-28(23-27)26-38-37-31-13-11-29(39-35(44)15-21-42-17-4-2-5-18-42)24-33(31)41-34-25-30(12-14-32(34)37)40-36(45)16-22-43-19-6-3-7-20-43/h4-10,23-25,27-28H,11-22,26H2,1-3H3,(H,40,43)(H,41,46)(H,42,47);8-14,23-25H,2-7,15-22,26H2,1H3,(H,38,41)(H,39,44)(H,40,45). The average Bonchev–Trinajstić information content (AvgIpc) is 0.781. The summed E-state index contributed by atoms with van der Waals surface area (Å²) in [6.07, 6.45) is 14.2. The molecular formula is C76H96N12O4. The van der Waals surface area contributed by atoms with E-state index in [0.717, 1.165) is 168 Å². The molecule has 8 aromatic rings. The van der Waals surface area contributed by atoms with Crippen LogP contribution in [0.3, 0.4) is 0 Å². The first kappa shape index (κ1) is 65.5. The Morgan fingerprint density at radius 3 is 0.967 bits per heavy atom. The molecule has 6 aromatic carbocycles. The average molecular weight is 1240 g/mol. The number of hydrogen-bond acceptors (Lipinski definition) is 12. The highest BCUT2D eigenvalue weighted by atomic mass is 16.2. The molecular weight excluding hydrogens is 1140 g/mol. The second-order valence-corrected chi connectivity index (χ2v) is 26.6.